The Morgan fingerprint density at radius 3 is 2.62 bits per heavy atom. The van der Waals surface area contributed by atoms with Crippen molar-refractivity contribution in [3.63, 3.8) is 0 Å². The Hall–Kier alpha value is -2.66. The molecular formula is C21H22N2O2S. The number of thiophene rings is 1. The normalized spacial score (nSPS) is 10.7. The number of hydrogen-bond donors (Lipinski definition) is 1. The Kier molecular flexibility index (Phi) is 6.02. The van der Waals surface area contributed by atoms with Crippen LogP contribution in [-0.2, 0) is 22.6 Å². The summed E-state index contributed by atoms with van der Waals surface area (Å²) in [6, 6.07) is 18.0. The minimum atomic E-state index is -0.133. The van der Waals surface area contributed by atoms with Crippen LogP contribution in [0.1, 0.15) is 17.4 Å². The molecule has 2 amide bonds. The van der Waals surface area contributed by atoms with Crippen LogP contribution in [0.3, 0.4) is 0 Å². The maximum atomic E-state index is 12.7. The fourth-order valence-corrected chi connectivity index (χ4v) is 3.57. The summed E-state index contributed by atoms with van der Waals surface area (Å²) < 4.78 is 0. The van der Waals surface area contributed by atoms with Gasteiger partial charge in [-0.15, -0.1) is 11.3 Å². The number of likely N-dealkylation sites (N-methyl/N-ethyl adjacent to an activating group) is 1. The van der Waals surface area contributed by atoms with Crippen LogP contribution in [-0.4, -0.2) is 29.8 Å². The largest absolute Gasteiger partial charge is 0.350 e. The fraction of sp³-hybridized carbons (Fsp3) is 0.238. The van der Waals surface area contributed by atoms with E-state index >= 15 is 0 Å². The average molecular weight is 366 g/mol. The molecule has 0 aliphatic heterocycles. The van der Waals surface area contributed by atoms with Gasteiger partial charge in [0.05, 0.1) is 19.5 Å². The van der Waals surface area contributed by atoms with Gasteiger partial charge in [0, 0.05) is 11.4 Å². The van der Waals surface area contributed by atoms with Gasteiger partial charge in [0.2, 0.25) is 11.8 Å². The number of nitrogens with one attached hydrogen (secondary N) is 1. The van der Waals surface area contributed by atoms with Crippen molar-refractivity contribution >= 4 is 33.9 Å². The van der Waals surface area contributed by atoms with Crippen LogP contribution in [0, 0.1) is 0 Å². The van der Waals surface area contributed by atoms with Gasteiger partial charge >= 0.3 is 0 Å². The predicted molar refractivity (Wildman–Crippen MR) is 106 cm³/mol. The van der Waals surface area contributed by atoms with Crippen molar-refractivity contribution in [1.82, 2.24) is 10.2 Å². The smallest absolute Gasteiger partial charge is 0.239 e. The average Bonchev–Trinajstić information content (AvgIpc) is 3.18. The Balaban J connectivity index is 1.62. The highest BCUT2D eigenvalue weighted by atomic mass is 32.1. The number of nitrogens with zero attached hydrogens (tertiary/aromatic N) is 1. The number of carbonyl (C=O) groups is 2. The van der Waals surface area contributed by atoms with Crippen LogP contribution < -0.4 is 5.32 Å². The molecule has 0 saturated carbocycles. The highest BCUT2D eigenvalue weighted by Crippen LogP contribution is 2.19. The summed E-state index contributed by atoms with van der Waals surface area (Å²) in [5.41, 5.74) is 0.991. The highest BCUT2D eigenvalue weighted by molar-refractivity contribution is 7.09. The van der Waals surface area contributed by atoms with Crippen molar-refractivity contribution in [2.24, 2.45) is 0 Å². The first-order chi connectivity index (χ1) is 12.7. The molecule has 0 unspecified atom stereocenters. The zero-order valence-electron chi connectivity index (χ0n) is 14.8. The van der Waals surface area contributed by atoms with Gasteiger partial charge < -0.3 is 10.2 Å². The van der Waals surface area contributed by atoms with Gasteiger partial charge in [0.15, 0.2) is 0 Å². The van der Waals surface area contributed by atoms with E-state index in [-0.39, 0.29) is 18.4 Å². The molecule has 0 spiro atoms. The molecule has 134 valence electrons. The summed E-state index contributed by atoms with van der Waals surface area (Å²) in [6.07, 6.45) is 0.299. The maximum Gasteiger partial charge on any atom is 0.239 e. The Bertz CT molecular complexity index is 885. The number of hydrogen-bond acceptors (Lipinski definition) is 3. The number of rotatable bonds is 7. The molecule has 1 aromatic heterocycles. The molecule has 0 fully saturated rings. The molecule has 2 aromatic carbocycles. The highest BCUT2D eigenvalue weighted by Gasteiger charge is 2.17. The molecule has 0 atom stereocenters. The van der Waals surface area contributed by atoms with E-state index in [2.05, 4.69) is 5.32 Å². The van der Waals surface area contributed by atoms with E-state index in [0.29, 0.717) is 19.5 Å². The van der Waals surface area contributed by atoms with Gasteiger partial charge in [-0.05, 0) is 34.7 Å². The van der Waals surface area contributed by atoms with Gasteiger partial charge in [-0.1, -0.05) is 48.5 Å². The molecule has 3 rings (SSSR count). The van der Waals surface area contributed by atoms with Crippen molar-refractivity contribution < 1.29 is 9.59 Å². The van der Waals surface area contributed by atoms with Crippen molar-refractivity contribution in [3.05, 3.63) is 70.4 Å². The van der Waals surface area contributed by atoms with Crippen LogP contribution in [0.25, 0.3) is 10.8 Å². The molecule has 0 saturated heterocycles. The summed E-state index contributed by atoms with van der Waals surface area (Å²) >= 11 is 1.60. The lowest BCUT2D eigenvalue weighted by molar-refractivity contribution is -0.135. The van der Waals surface area contributed by atoms with E-state index in [1.165, 1.54) is 0 Å². The zero-order chi connectivity index (χ0) is 18.4. The van der Waals surface area contributed by atoms with Gasteiger partial charge in [-0.25, -0.2) is 0 Å². The minimum absolute atomic E-state index is 0.0323. The molecule has 0 aliphatic carbocycles. The summed E-state index contributed by atoms with van der Waals surface area (Å²) in [5.74, 6) is -0.165. The summed E-state index contributed by atoms with van der Waals surface area (Å²) in [7, 11) is 0. The molecular weight excluding hydrogens is 344 g/mol. The van der Waals surface area contributed by atoms with Crippen LogP contribution in [0.5, 0.6) is 0 Å². The number of amides is 2. The second-order valence-electron chi connectivity index (χ2n) is 6.08. The fourth-order valence-electron chi connectivity index (χ4n) is 2.93. The van der Waals surface area contributed by atoms with E-state index in [4.69, 9.17) is 0 Å². The summed E-state index contributed by atoms with van der Waals surface area (Å²) in [5, 5.41) is 7.06. The molecule has 5 heteroatoms. The lowest BCUT2D eigenvalue weighted by atomic mass is 10.0. The van der Waals surface area contributed by atoms with E-state index in [0.717, 1.165) is 21.2 Å². The van der Waals surface area contributed by atoms with Crippen molar-refractivity contribution in [2.75, 3.05) is 13.1 Å². The van der Waals surface area contributed by atoms with Crippen LogP contribution in [0.2, 0.25) is 0 Å². The summed E-state index contributed by atoms with van der Waals surface area (Å²) in [4.78, 5) is 27.6. The van der Waals surface area contributed by atoms with E-state index in [1.807, 2.05) is 66.9 Å². The quantitative estimate of drug-likeness (QED) is 0.694. The second kappa shape index (κ2) is 8.63. The third-order valence-corrected chi connectivity index (χ3v) is 5.21. The molecule has 0 aliphatic rings. The lowest BCUT2D eigenvalue weighted by Crippen LogP contribution is -2.41. The topological polar surface area (TPSA) is 49.4 Å². The Labute approximate surface area is 157 Å². The standard InChI is InChI=1S/C21H22N2O2S/c1-2-23(15-20(24)22-14-18-10-6-12-26-18)21(25)13-17-9-5-8-16-7-3-4-11-19(16)17/h3-12H,2,13-15H2,1H3,(H,22,24). The van der Waals surface area contributed by atoms with Crippen LogP contribution in [0.4, 0.5) is 0 Å². The molecule has 0 radical (unpaired) electrons. The first-order valence-electron chi connectivity index (χ1n) is 8.71. The molecule has 0 bridgehead atoms. The van der Waals surface area contributed by atoms with Crippen molar-refractivity contribution in [2.45, 2.75) is 19.9 Å². The van der Waals surface area contributed by atoms with Gasteiger partial charge in [-0.2, -0.15) is 0 Å². The number of benzene rings is 2. The van der Waals surface area contributed by atoms with Gasteiger partial charge in [0.25, 0.3) is 0 Å². The van der Waals surface area contributed by atoms with Crippen LogP contribution >= 0.6 is 11.3 Å². The van der Waals surface area contributed by atoms with E-state index in [9.17, 15) is 9.59 Å². The van der Waals surface area contributed by atoms with Gasteiger partial charge in [-0.3, -0.25) is 9.59 Å². The Morgan fingerprint density at radius 1 is 1.04 bits per heavy atom. The SMILES string of the molecule is CCN(CC(=O)NCc1cccs1)C(=O)Cc1cccc2ccccc12. The number of carbonyl (C=O) groups excluding carboxylic acids is 2. The zero-order valence-corrected chi connectivity index (χ0v) is 15.6. The van der Waals surface area contributed by atoms with Crippen LogP contribution in [0.15, 0.2) is 60.0 Å². The number of fused-ring (bicyclic) bond motifs is 1. The molecule has 4 nitrogen and oxygen atoms in total. The monoisotopic (exact) mass is 366 g/mol. The Morgan fingerprint density at radius 2 is 1.85 bits per heavy atom. The van der Waals surface area contributed by atoms with E-state index < -0.39 is 0 Å². The third-order valence-electron chi connectivity index (χ3n) is 4.33. The second-order valence-corrected chi connectivity index (χ2v) is 7.11. The molecule has 26 heavy (non-hydrogen) atoms. The van der Waals surface area contributed by atoms with Crippen molar-refractivity contribution in [1.29, 1.82) is 0 Å². The van der Waals surface area contributed by atoms with E-state index in [1.54, 1.807) is 16.2 Å². The third kappa shape index (κ3) is 4.49. The lowest BCUT2D eigenvalue weighted by Gasteiger charge is -2.21. The predicted octanol–water partition coefficient (Wildman–Crippen LogP) is 3.61. The first-order valence-corrected chi connectivity index (χ1v) is 9.59. The first kappa shape index (κ1) is 18.1. The van der Waals surface area contributed by atoms with Gasteiger partial charge in [0.1, 0.15) is 0 Å². The minimum Gasteiger partial charge on any atom is -0.350 e. The maximum absolute atomic E-state index is 12.7. The molecule has 1 heterocycles. The van der Waals surface area contributed by atoms with Crippen molar-refractivity contribution in [3.8, 4) is 0 Å². The molecule has 3 aromatic rings. The summed E-state index contributed by atoms with van der Waals surface area (Å²) in [6.45, 7) is 3.00. The molecule has 1 N–H and O–H groups in total.